The van der Waals surface area contributed by atoms with Crippen LogP contribution >= 0.6 is 15.9 Å². The van der Waals surface area contributed by atoms with Crippen LogP contribution in [-0.2, 0) is 4.79 Å². The molecular formula is C15H13BrN2O. The second kappa shape index (κ2) is 4.70. The number of carbonyl (C=O) groups is 1. The summed E-state index contributed by atoms with van der Waals surface area (Å²) in [5.74, 6) is 0.0594. The number of rotatable bonds is 1. The van der Waals surface area contributed by atoms with E-state index in [1.54, 1.807) is 4.90 Å². The van der Waals surface area contributed by atoms with Gasteiger partial charge in [-0.2, -0.15) is 0 Å². The molecule has 0 saturated carbocycles. The summed E-state index contributed by atoms with van der Waals surface area (Å²) in [6.07, 6.45) is 0. The van der Waals surface area contributed by atoms with Gasteiger partial charge in [-0.25, -0.2) is 0 Å². The van der Waals surface area contributed by atoms with Crippen molar-refractivity contribution in [1.82, 2.24) is 0 Å². The minimum absolute atomic E-state index is 0.0594. The molecule has 1 aliphatic heterocycles. The van der Waals surface area contributed by atoms with Gasteiger partial charge in [0.05, 0.1) is 23.6 Å². The number of aryl methyl sites for hydroxylation is 1. The Morgan fingerprint density at radius 1 is 1.16 bits per heavy atom. The van der Waals surface area contributed by atoms with E-state index in [4.69, 9.17) is 0 Å². The number of para-hydroxylation sites is 2. The van der Waals surface area contributed by atoms with Gasteiger partial charge < -0.3 is 5.32 Å². The third kappa shape index (κ3) is 2.12. The fourth-order valence-electron chi connectivity index (χ4n) is 2.34. The van der Waals surface area contributed by atoms with Crippen LogP contribution in [0.4, 0.5) is 17.1 Å². The van der Waals surface area contributed by atoms with Gasteiger partial charge >= 0.3 is 0 Å². The van der Waals surface area contributed by atoms with Crippen LogP contribution in [-0.4, -0.2) is 12.5 Å². The van der Waals surface area contributed by atoms with Gasteiger partial charge in [-0.05, 0) is 42.8 Å². The van der Waals surface area contributed by atoms with Gasteiger partial charge in [0.25, 0.3) is 5.91 Å². The highest BCUT2D eigenvalue weighted by Crippen LogP contribution is 2.37. The van der Waals surface area contributed by atoms with E-state index in [1.807, 2.05) is 49.4 Å². The molecule has 1 N–H and O–H groups in total. The number of hydrogen-bond acceptors (Lipinski definition) is 2. The van der Waals surface area contributed by atoms with Crippen molar-refractivity contribution >= 4 is 38.9 Å². The molecule has 0 bridgehead atoms. The van der Waals surface area contributed by atoms with E-state index in [0.717, 1.165) is 27.1 Å². The highest BCUT2D eigenvalue weighted by atomic mass is 79.9. The average Bonchev–Trinajstić information content (AvgIpc) is 2.40. The zero-order chi connectivity index (χ0) is 13.4. The lowest BCUT2D eigenvalue weighted by Crippen LogP contribution is -2.36. The van der Waals surface area contributed by atoms with Crippen LogP contribution in [0.2, 0.25) is 0 Å². The fourth-order valence-corrected chi connectivity index (χ4v) is 2.81. The summed E-state index contributed by atoms with van der Waals surface area (Å²) in [5, 5.41) is 3.14. The molecule has 0 atom stereocenters. The summed E-state index contributed by atoms with van der Waals surface area (Å²) in [7, 11) is 0. The number of benzene rings is 2. The second-order valence-electron chi connectivity index (χ2n) is 4.53. The Labute approximate surface area is 120 Å². The van der Waals surface area contributed by atoms with Crippen molar-refractivity contribution in [2.45, 2.75) is 6.92 Å². The Balaban J connectivity index is 2.16. The zero-order valence-electron chi connectivity index (χ0n) is 10.5. The van der Waals surface area contributed by atoms with Gasteiger partial charge in [-0.3, -0.25) is 9.69 Å². The minimum Gasteiger partial charge on any atom is -0.374 e. The molecule has 96 valence electrons. The molecular weight excluding hydrogens is 304 g/mol. The van der Waals surface area contributed by atoms with E-state index in [1.165, 1.54) is 0 Å². The molecule has 3 nitrogen and oxygen atoms in total. The summed E-state index contributed by atoms with van der Waals surface area (Å²) < 4.78 is 1.02. The minimum atomic E-state index is 0.0594. The summed E-state index contributed by atoms with van der Waals surface area (Å²) in [6.45, 7) is 2.34. The molecule has 4 heteroatoms. The first-order valence-corrected chi connectivity index (χ1v) is 6.88. The van der Waals surface area contributed by atoms with Crippen LogP contribution in [0.15, 0.2) is 46.9 Å². The molecule has 0 aromatic heterocycles. The summed E-state index contributed by atoms with van der Waals surface area (Å²) in [6, 6.07) is 13.8. The lowest BCUT2D eigenvalue weighted by molar-refractivity contribution is -0.116. The maximum Gasteiger partial charge on any atom is 0.250 e. The van der Waals surface area contributed by atoms with Crippen LogP contribution in [0.1, 0.15) is 5.56 Å². The summed E-state index contributed by atoms with van der Waals surface area (Å²) >= 11 is 3.45. The van der Waals surface area contributed by atoms with E-state index in [2.05, 4.69) is 21.2 Å². The predicted molar refractivity (Wildman–Crippen MR) is 81.0 cm³/mol. The van der Waals surface area contributed by atoms with Gasteiger partial charge in [0.15, 0.2) is 0 Å². The maximum absolute atomic E-state index is 12.2. The van der Waals surface area contributed by atoms with E-state index >= 15 is 0 Å². The van der Waals surface area contributed by atoms with Gasteiger partial charge in [-0.15, -0.1) is 0 Å². The Kier molecular flexibility index (Phi) is 3.03. The number of hydrogen-bond donors (Lipinski definition) is 1. The molecule has 0 fully saturated rings. The lowest BCUT2D eigenvalue weighted by atomic mass is 10.1. The molecule has 0 unspecified atom stereocenters. The van der Waals surface area contributed by atoms with Crippen LogP contribution in [0.5, 0.6) is 0 Å². The van der Waals surface area contributed by atoms with Gasteiger partial charge in [0.2, 0.25) is 0 Å². The number of carbonyl (C=O) groups excluding carboxylic acids is 1. The maximum atomic E-state index is 12.2. The largest absolute Gasteiger partial charge is 0.374 e. The number of nitrogens with zero attached hydrogens (tertiary/aromatic N) is 1. The van der Waals surface area contributed by atoms with Gasteiger partial charge in [0, 0.05) is 4.47 Å². The molecule has 1 heterocycles. The van der Waals surface area contributed by atoms with Crippen LogP contribution < -0.4 is 10.2 Å². The first-order valence-electron chi connectivity index (χ1n) is 6.09. The number of fused-ring (bicyclic) bond motifs is 1. The molecule has 19 heavy (non-hydrogen) atoms. The smallest absolute Gasteiger partial charge is 0.250 e. The highest BCUT2D eigenvalue weighted by Gasteiger charge is 2.25. The molecule has 0 aliphatic carbocycles. The number of halogens is 1. The third-order valence-electron chi connectivity index (χ3n) is 3.22. The topological polar surface area (TPSA) is 32.3 Å². The van der Waals surface area contributed by atoms with Crippen molar-refractivity contribution in [3.63, 3.8) is 0 Å². The van der Waals surface area contributed by atoms with Crippen molar-refractivity contribution in [2.75, 3.05) is 16.8 Å². The van der Waals surface area contributed by atoms with Crippen molar-refractivity contribution in [1.29, 1.82) is 0 Å². The number of amides is 1. The Morgan fingerprint density at radius 2 is 1.95 bits per heavy atom. The van der Waals surface area contributed by atoms with Gasteiger partial charge in [0.1, 0.15) is 0 Å². The summed E-state index contributed by atoms with van der Waals surface area (Å²) in [5.41, 5.74) is 3.90. The van der Waals surface area contributed by atoms with Crippen molar-refractivity contribution < 1.29 is 4.79 Å². The normalized spacial score (nSPS) is 14.0. The van der Waals surface area contributed by atoms with Crippen LogP contribution in [0, 0.1) is 6.92 Å². The Hall–Kier alpha value is -1.81. The Morgan fingerprint density at radius 3 is 2.74 bits per heavy atom. The van der Waals surface area contributed by atoms with Crippen LogP contribution in [0.25, 0.3) is 0 Å². The van der Waals surface area contributed by atoms with Gasteiger partial charge in [-0.1, -0.05) is 28.1 Å². The lowest BCUT2D eigenvalue weighted by Gasteiger charge is -2.31. The molecule has 0 spiro atoms. The van der Waals surface area contributed by atoms with E-state index < -0.39 is 0 Å². The first-order chi connectivity index (χ1) is 9.16. The molecule has 0 radical (unpaired) electrons. The molecule has 1 aliphatic rings. The van der Waals surface area contributed by atoms with Crippen molar-refractivity contribution in [2.24, 2.45) is 0 Å². The van der Waals surface area contributed by atoms with E-state index in [-0.39, 0.29) is 5.91 Å². The average molecular weight is 317 g/mol. The quantitative estimate of drug-likeness (QED) is 0.866. The van der Waals surface area contributed by atoms with Crippen molar-refractivity contribution in [3.8, 4) is 0 Å². The number of anilines is 3. The van der Waals surface area contributed by atoms with Crippen molar-refractivity contribution in [3.05, 3.63) is 52.5 Å². The first kappa shape index (κ1) is 12.2. The SMILES string of the molecule is Cc1cc(Br)ccc1N1C(=O)CNc2ccccc21. The van der Waals surface area contributed by atoms with E-state index in [9.17, 15) is 4.79 Å². The highest BCUT2D eigenvalue weighted by molar-refractivity contribution is 9.10. The van der Waals surface area contributed by atoms with Crippen LogP contribution in [0.3, 0.4) is 0 Å². The third-order valence-corrected chi connectivity index (χ3v) is 3.72. The standard InChI is InChI=1S/C15H13BrN2O/c1-10-8-11(16)6-7-13(10)18-14-5-3-2-4-12(14)17-9-15(18)19/h2-8,17H,9H2,1H3. The molecule has 2 aromatic rings. The fraction of sp³-hybridized carbons (Fsp3) is 0.133. The summed E-state index contributed by atoms with van der Waals surface area (Å²) in [4.78, 5) is 14.0. The molecule has 1 amide bonds. The molecule has 3 rings (SSSR count). The molecule has 0 saturated heterocycles. The van der Waals surface area contributed by atoms with E-state index in [0.29, 0.717) is 6.54 Å². The number of nitrogens with one attached hydrogen (secondary N) is 1. The molecule has 2 aromatic carbocycles. The predicted octanol–water partition coefficient (Wildman–Crippen LogP) is 3.85. The monoisotopic (exact) mass is 316 g/mol. The zero-order valence-corrected chi connectivity index (χ0v) is 12.1. The Bertz CT molecular complexity index is 654. The second-order valence-corrected chi connectivity index (χ2v) is 5.45.